The Hall–Kier alpha value is -12.9. The number of carbonyl (C=O) groups is 4. The SMILES string of the molecule is COc1cc2c(cc1OCc1cc(COc3cc4c(cc3C)C(=O)N3c5ccccc5C[C@H]3CN4)cc(OCCOCCC(C)C)c1)N=C[C@@H]1Cc3ccccc3N1C2=O.COc1cc2c(cc1OCc1cc(COc3cc4c(cc3C)C(=O)N3c5ccccc5C[C@H]3CN4)cc(OCCOCCC(C)C)c1)NC[C@@H]1Cc3ccccc3N1C2=O.O=S(=O)=O. The molecule has 0 aromatic heterocycles. The van der Waals surface area contributed by atoms with Gasteiger partial charge in [-0.15, -0.1) is 12.6 Å². The number of fused-ring (bicyclic) bond motifs is 16. The molecule has 18 rings (SSSR count). The van der Waals surface area contributed by atoms with E-state index in [4.69, 9.17) is 65.0 Å². The first kappa shape index (κ1) is 84.7. The number of aryl methyl sites for hydroxylation is 2. The molecule has 0 radical (unpaired) electrons. The Bertz CT molecular complexity index is 5850. The van der Waals surface area contributed by atoms with Crippen LogP contribution in [0.3, 0.4) is 0 Å². The quantitative estimate of drug-likeness (QED) is 0.0384. The Balaban J connectivity index is 0.000000176. The molecule has 25 nitrogen and oxygen atoms in total. The number of methoxy groups -OCH3 is 2. The molecular formula is C98H102N8O17S. The van der Waals surface area contributed by atoms with Crippen molar-refractivity contribution in [2.45, 2.75) is 131 Å². The molecule has 26 heteroatoms. The monoisotopic (exact) mass is 1690 g/mol. The summed E-state index contributed by atoms with van der Waals surface area (Å²) >= 11 is 0. The number of benzene rings is 10. The predicted octanol–water partition coefficient (Wildman–Crippen LogP) is 16.5. The molecule has 0 saturated heterocycles. The summed E-state index contributed by atoms with van der Waals surface area (Å²) in [5, 5.41) is 10.6. The number of aliphatic imine (C=N–C) groups is 1. The van der Waals surface area contributed by atoms with Gasteiger partial charge in [0, 0.05) is 92.5 Å². The molecule has 8 heterocycles. The first-order valence-corrected chi connectivity index (χ1v) is 43.3. The number of nitrogens with zero attached hydrogens (tertiary/aromatic N) is 5. The highest BCUT2D eigenvalue weighted by molar-refractivity contribution is 7.59. The Morgan fingerprint density at radius 2 is 0.718 bits per heavy atom. The van der Waals surface area contributed by atoms with Crippen molar-refractivity contribution in [3.8, 4) is 46.0 Å². The molecule has 8 aliphatic heterocycles. The summed E-state index contributed by atoms with van der Waals surface area (Å²) in [5.41, 5.74) is 18.8. The van der Waals surface area contributed by atoms with Gasteiger partial charge in [-0.25, -0.2) is 0 Å². The fourth-order valence-electron chi connectivity index (χ4n) is 17.3. The predicted molar refractivity (Wildman–Crippen MR) is 476 cm³/mol. The van der Waals surface area contributed by atoms with Crippen LogP contribution in [0.4, 0.5) is 45.5 Å². The van der Waals surface area contributed by atoms with Crippen molar-refractivity contribution in [2.75, 3.05) is 109 Å². The standard InChI is InChI=1S/C49H52N4O7.C49H50N4O7.O3S/c2*1-30(2)13-14-57-15-16-58-38-19-32(28-59-45-24-41-39(17-31(45)3)48(54)52-36(26-50-41)21-34-9-5-7-11-43(34)52)18-33(20-38)29-60-47-25-42-40(23-46(47)56-4)49(55)53-37(27-51-42)22-35-10-6-8-12-44(35)53;1-4(2)3/h5-12,17-20,23-25,30,36-37,50-51H,13-16,21-22,26-29H2,1-4H3;5-12,17-20,23-25,27,30,36-37,50H,13-16,21-22,26,28-29H2,1-4H3;/t2*36-,37-;/m00./s1. The number of hydrogen-bond donors (Lipinski definition) is 3. The van der Waals surface area contributed by atoms with Gasteiger partial charge in [0.2, 0.25) is 0 Å². The van der Waals surface area contributed by atoms with Crippen molar-refractivity contribution < 1.29 is 79.2 Å². The summed E-state index contributed by atoms with van der Waals surface area (Å²) in [5.74, 6) is 5.59. The number of ether oxygens (including phenoxy) is 10. The number of carbonyl (C=O) groups excluding carboxylic acids is 4. The van der Waals surface area contributed by atoms with Crippen LogP contribution in [0.1, 0.15) is 138 Å². The second-order valence-corrected chi connectivity index (χ2v) is 33.4. The zero-order chi connectivity index (χ0) is 86.2. The average molecular weight is 1700 g/mol. The van der Waals surface area contributed by atoms with Gasteiger partial charge in [0.05, 0.1) is 96.6 Å². The van der Waals surface area contributed by atoms with E-state index >= 15 is 0 Å². The maximum absolute atomic E-state index is 14.0. The van der Waals surface area contributed by atoms with Gasteiger partial charge < -0.3 is 78.0 Å². The van der Waals surface area contributed by atoms with E-state index in [1.807, 2.05) is 179 Å². The molecule has 642 valence electrons. The summed E-state index contributed by atoms with van der Waals surface area (Å²) in [6.07, 6.45) is 6.99. The molecule has 0 bridgehead atoms. The molecule has 0 saturated carbocycles. The van der Waals surface area contributed by atoms with Gasteiger partial charge in [-0.3, -0.25) is 29.1 Å². The van der Waals surface area contributed by atoms with Crippen LogP contribution in [-0.4, -0.2) is 140 Å². The van der Waals surface area contributed by atoms with Crippen LogP contribution < -0.4 is 73.4 Å². The smallest absolute Gasteiger partial charge is 0.425 e. The molecule has 0 aliphatic carbocycles. The highest BCUT2D eigenvalue weighted by Gasteiger charge is 2.42. The molecule has 0 spiro atoms. The van der Waals surface area contributed by atoms with Crippen molar-refractivity contribution in [3.05, 3.63) is 260 Å². The lowest BCUT2D eigenvalue weighted by molar-refractivity contribution is 0.0924. The summed E-state index contributed by atoms with van der Waals surface area (Å²) in [6.45, 7) is 18.6. The second-order valence-electron chi connectivity index (χ2n) is 33.0. The molecule has 10 aromatic rings. The van der Waals surface area contributed by atoms with E-state index in [0.717, 1.165) is 105 Å². The van der Waals surface area contributed by atoms with Crippen LogP contribution in [0.5, 0.6) is 46.0 Å². The summed E-state index contributed by atoms with van der Waals surface area (Å²) in [6, 6.07) is 59.2. The van der Waals surface area contributed by atoms with E-state index in [1.54, 1.807) is 32.4 Å². The van der Waals surface area contributed by atoms with Gasteiger partial charge in [0.1, 0.15) is 62.6 Å². The van der Waals surface area contributed by atoms with Gasteiger partial charge in [-0.05, 0) is 198 Å². The highest BCUT2D eigenvalue weighted by Crippen LogP contribution is 2.46. The average Bonchev–Trinajstić information content (AvgIpc) is 1.62. The van der Waals surface area contributed by atoms with Gasteiger partial charge in [0.25, 0.3) is 23.6 Å². The lowest BCUT2D eigenvalue weighted by Crippen LogP contribution is -2.39. The summed E-state index contributed by atoms with van der Waals surface area (Å²) < 4.78 is 86.9. The number of anilines is 7. The molecule has 10 aromatic carbocycles. The van der Waals surface area contributed by atoms with E-state index in [-0.39, 0.29) is 74.2 Å². The summed E-state index contributed by atoms with van der Waals surface area (Å²) in [4.78, 5) is 68.2. The van der Waals surface area contributed by atoms with Gasteiger partial charge in [-0.1, -0.05) is 100 Å². The van der Waals surface area contributed by atoms with Gasteiger partial charge in [-0.2, -0.15) is 0 Å². The number of nitrogens with one attached hydrogen (secondary N) is 3. The van der Waals surface area contributed by atoms with Crippen molar-refractivity contribution >= 4 is 86.0 Å². The Kier molecular flexibility index (Phi) is 25.8. The van der Waals surface area contributed by atoms with Crippen LogP contribution in [0.2, 0.25) is 0 Å². The third-order valence-electron chi connectivity index (χ3n) is 23.5. The van der Waals surface area contributed by atoms with E-state index in [9.17, 15) is 19.2 Å². The zero-order valence-electron chi connectivity index (χ0n) is 70.9. The molecular weight excluding hydrogens is 1590 g/mol. The van der Waals surface area contributed by atoms with E-state index in [2.05, 4.69) is 67.9 Å². The van der Waals surface area contributed by atoms with Gasteiger partial charge >= 0.3 is 10.6 Å². The number of para-hydroxylation sites is 4. The fourth-order valence-corrected chi connectivity index (χ4v) is 17.3. The zero-order valence-corrected chi connectivity index (χ0v) is 71.7. The largest absolute Gasteiger partial charge is 0.493 e. The van der Waals surface area contributed by atoms with E-state index in [1.165, 1.54) is 16.7 Å². The Labute approximate surface area is 723 Å². The van der Waals surface area contributed by atoms with Crippen LogP contribution >= 0.6 is 0 Å². The molecule has 3 N–H and O–H groups in total. The lowest BCUT2D eigenvalue weighted by atomic mass is 10.1. The van der Waals surface area contributed by atoms with Crippen molar-refractivity contribution in [3.63, 3.8) is 0 Å². The topological polar surface area (TPSA) is 273 Å². The van der Waals surface area contributed by atoms with E-state index in [0.29, 0.717) is 157 Å². The summed E-state index contributed by atoms with van der Waals surface area (Å²) in [7, 11) is 0.0425. The Morgan fingerprint density at radius 1 is 0.379 bits per heavy atom. The fraction of sp³-hybridized carbons (Fsp3) is 0.337. The minimum Gasteiger partial charge on any atom is -0.493 e. The maximum atomic E-state index is 14.0. The molecule has 8 aliphatic rings. The van der Waals surface area contributed by atoms with Crippen LogP contribution in [-0.2, 0) is 72.2 Å². The molecule has 124 heavy (non-hydrogen) atoms. The van der Waals surface area contributed by atoms with Crippen LogP contribution in [0, 0.1) is 25.7 Å². The van der Waals surface area contributed by atoms with Gasteiger partial charge in [0.15, 0.2) is 23.0 Å². The first-order valence-electron chi connectivity index (χ1n) is 42.3. The first-order chi connectivity index (χ1) is 60.2. The number of amides is 4. The van der Waals surface area contributed by atoms with Crippen LogP contribution in [0.25, 0.3) is 0 Å². The minimum absolute atomic E-state index is 0.00174. The van der Waals surface area contributed by atoms with E-state index < -0.39 is 10.6 Å². The lowest BCUT2D eigenvalue weighted by Gasteiger charge is -2.23. The third-order valence-corrected chi connectivity index (χ3v) is 23.5. The molecule has 4 amide bonds. The Morgan fingerprint density at radius 3 is 1.11 bits per heavy atom. The number of rotatable bonds is 28. The maximum Gasteiger partial charge on any atom is 0.425 e. The molecule has 4 atom stereocenters. The van der Waals surface area contributed by atoms with Crippen LogP contribution in [0.15, 0.2) is 187 Å². The normalized spacial score (nSPS) is 16.9. The third kappa shape index (κ3) is 18.7. The minimum atomic E-state index is -3.11. The van der Waals surface area contributed by atoms with Crippen molar-refractivity contribution in [1.29, 1.82) is 0 Å². The molecule has 0 fully saturated rings. The van der Waals surface area contributed by atoms with Crippen molar-refractivity contribution in [1.82, 2.24) is 0 Å². The highest BCUT2D eigenvalue weighted by atomic mass is 32.2. The second kappa shape index (κ2) is 37.8. The van der Waals surface area contributed by atoms with Crippen molar-refractivity contribution in [2.24, 2.45) is 16.8 Å². The molecule has 0 unspecified atom stereocenters. The number of hydrogen-bond acceptors (Lipinski definition) is 21.